The van der Waals surface area contributed by atoms with Gasteiger partial charge in [-0.15, -0.1) is 11.3 Å². The molecule has 2 aliphatic heterocycles. The zero-order valence-electron chi connectivity index (χ0n) is 18.8. The summed E-state index contributed by atoms with van der Waals surface area (Å²) in [5, 5.41) is 1.15. The molecule has 3 fully saturated rings. The highest BCUT2D eigenvalue weighted by atomic mass is 32.1. The molecule has 2 saturated heterocycles. The number of nitrogens with zero attached hydrogens (tertiary/aromatic N) is 5. The number of anilines is 1. The van der Waals surface area contributed by atoms with Crippen molar-refractivity contribution in [2.75, 3.05) is 44.2 Å². The number of carbonyl (C=O) groups is 1. The van der Waals surface area contributed by atoms with Crippen LogP contribution >= 0.6 is 11.3 Å². The topological polar surface area (TPSA) is 52.6 Å². The standard InChI is InChI=1S/C24H35N5OS/c1-2-20-15-21-22(25-17-26-23(21)31-20)29-10-6-7-18(16-29)24(30)28-13-11-27(12-14-28)19-8-4-3-5-9-19/h15,17-19H,2-14,16H2,1H3. The van der Waals surface area contributed by atoms with Crippen LogP contribution in [0, 0.1) is 5.92 Å². The molecule has 3 aliphatic rings. The van der Waals surface area contributed by atoms with Crippen LogP contribution in [0.3, 0.4) is 0 Å². The molecule has 1 atom stereocenters. The zero-order chi connectivity index (χ0) is 21.2. The maximum absolute atomic E-state index is 13.4. The SMILES string of the molecule is CCc1cc2c(N3CCCC(C(=O)N4CCN(C5CCCCC5)CC4)C3)ncnc2s1. The number of amides is 1. The zero-order valence-corrected chi connectivity index (χ0v) is 19.6. The molecule has 6 nitrogen and oxygen atoms in total. The Kier molecular flexibility index (Phi) is 6.41. The van der Waals surface area contributed by atoms with Crippen molar-refractivity contribution < 1.29 is 4.79 Å². The van der Waals surface area contributed by atoms with Crippen LogP contribution in [0.15, 0.2) is 12.4 Å². The van der Waals surface area contributed by atoms with Gasteiger partial charge in [0, 0.05) is 50.2 Å². The quantitative estimate of drug-likeness (QED) is 0.719. The number of piperidine rings is 1. The van der Waals surface area contributed by atoms with E-state index in [2.05, 4.69) is 37.7 Å². The lowest BCUT2D eigenvalue weighted by Crippen LogP contribution is -2.54. The lowest BCUT2D eigenvalue weighted by molar-refractivity contribution is -0.138. The Balaban J connectivity index is 1.23. The normalized spacial score (nSPS) is 24.1. The van der Waals surface area contributed by atoms with E-state index in [9.17, 15) is 4.79 Å². The average molecular weight is 442 g/mol. The summed E-state index contributed by atoms with van der Waals surface area (Å²) in [6.07, 6.45) is 11.6. The second-order valence-corrected chi connectivity index (χ2v) is 10.5. The minimum atomic E-state index is 0.0873. The number of rotatable bonds is 4. The lowest BCUT2D eigenvalue weighted by Gasteiger charge is -2.42. The molecule has 1 amide bonds. The summed E-state index contributed by atoms with van der Waals surface area (Å²) >= 11 is 1.76. The van der Waals surface area contributed by atoms with Crippen LogP contribution in [0.5, 0.6) is 0 Å². The third-order valence-corrected chi connectivity index (χ3v) is 8.68. The number of hydrogen-bond acceptors (Lipinski definition) is 6. The largest absolute Gasteiger partial charge is 0.355 e. The van der Waals surface area contributed by atoms with Gasteiger partial charge in [0.05, 0.1) is 11.3 Å². The van der Waals surface area contributed by atoms with Crippen LogP contribution in [-0.4, -0.2) is 71.0 Å². The van der Waals surface area contributed by atoms with Gasteiger partial charge in [0.2, 0.25) is 5.91 Å². The van der Waals surface area contributed by atoms with Crippen molar-refractivity contribution in [3.63, 3.8) is 0 Å². The maximum Gasteiger partial charge on any atom is 0.227 e. The predicted molar refractivity (Wildman–Crippen MR) is 127 cm³/mol. The molecule has 0 N–H and O–H groups in total. The van der Waals surface area contributed by atoms with E-state index < -0.39 is 0 Å². The number of aryl methyl sites for hydroxylation is 1. The Morgan fingerprint density at radius 1 is 1.03 bits per heavy atom. The van der Waals surface area contributed by atoms with Gasteiger partial charge in [-0.2, -0.15) is 0 Å². The first-order valence-corrected chi connectivity index (χ1v) is 13.1. The Hall–Kier alpha value is -1.73. The summed E-state index contributed by atoms with van der Waals surface area (Å²) in [5.74, 6) is 1.46. The third-order valence-electron chi connectivity index (χ3n) is 7.50. The van der Waals surface area contributed by atoms with E-state index in [-0.39, 0.29) is 5.92 Å². The van der Waals surface area contributed by atoms with E-state index in [1.54, 1.807) is 17.7 Å². The number of carbonyl (C=O) groups excluding carboxylic acids is 1. The van der Waals surface area contributed by atoms with E-state index >= 15 is 0 Å². The van der Waals surface area contributed by atoms with Gasteiger partial charge in [0.1, 0.15) is 17.0 Å². The smallest absolute Gasteiger partial charge is 0.227 e. The molecular formula is C24H35N5OS. The predicted octanol–water partition coefficient (Wildman–Crippen LogP) is 3.95. The van der Waals surface area contributed by atoms with Crippen LogP contribution in [0.1, 0.15) is 56.7 Å². The average Bonchev–Trinajstić information content (AvgIpc) is 3.28. The molecule has 2 aromatic heterocycles. The second kappa shape index (κ2) is 9.41. The molecule has 1 aliphatic carbocycles. The highest BCUT2D eigenvalue weighted by Gasteiger charge is 2.33. The van der Waals surface area contributed by atoms with Gasteiger partial charge < -0.3 is 9.80 Å². The molecule has 1 unspecified atom stereocenters. The molecule has 168 valence electrons. The van der Waals surface area contributed by atoms with Crippen LogP contribution in [0.25, 0.3) is 10.2 Å². The van der Waals surface area contributed by atoms with Crippen LogP contribution in [-0.2, 0) is 11.2 Å². The first-order valence-electron chi connectivity index (χ1n) is 12.2. The minimum absolute atomic E-state index is 0.0873. The van der Waals surface area contributed by atoms with Gasteiger partial charge in [0.25, 0.3) is 0 Å². The van der Waals surface area contributed by atoms with Crippen molar-refractivity contribution >= 4 is 33.3 Å². The molecule has 1 saturated carbocycles. The second-order valence-electron chi connectivity index (χ2n) is 9.42. The number of piperazine rings is 1. The third kappa shape index (κ3) is 4.44. The number of hydrogen-bond donors (Lipinski definition) is 0. The van der Waals surface area contributed by atoms with Gasteiger partial charge in [-0.1, -0.05) is 26.2 Å². The Bertz CT molecular complexity index is 901. The Morgan fingerprint density at radius 2 is 1.84 bits per heavy atom. The summed E-state index contributed by atoms with van der Waals surface area (Å²) in [5.41, 5.74) is 0. The molecule has 31 heavy (non-hydrogen) atoms. The molecule has 0 aromatic carbocycles. The summed E-state index contributed by atoms with van der Waals surface area (Å²) in [4.78, 5) is 32.0. The summed E-state index contributed by atoms with van der Waals surface area (Å²) in [6.45, 7) is 7.83. The highest BCUT2D eigenvalue weighted by molar-refractivity contribution is 7.18. The molecule has 5 rings (SSSR count). The fourth-order valence-electron chi connectivity index (χ4n) is 5.70. The van der Waals surface area contributed by atoms with E-state index in [0.717, 1.165) is 80.6 Å². The Morgan fingerprint density at radius 3 is 2.61 bits per heavy atom. The summed E-state index contributed by atoms with van der Waals surface area (Å²) < 4.78 is 0. The van der Waals surface area contributed by atoms with Crippen molar-refractivity contribution in [3.8, 4) is 0 Å². The molecular weight excluding hydrogens is 406 g/mol. The van der Waals surface area contributed by atoms with E-state index in [1.807, 2.05) is 0 Å². The lowest BCUT2D eigenvalue weighted by atomic mass is 9.93. The van der Waals surface area contributed by atoms with Gasteiger partial charge in [0.15, 0.2) is 0 Å². The van der Waals surface area contributed by atoms with Gasteiger partial charge >= 0.3 is 0 Å². The van der Waals surface area contributed by atoms with Gasteiger partial charge in [-0.25, -0.2) is 9.97 Å². The molecule has 0 radical (unpaired) electrons. The minimum Gasteiger partial charge on any atom is -0.355 e. The summed E-state index contributed by atoms with van der Waals surface area (Å²) in [6, 6.07) is 3.00. The number of aromatic nitrogens is 2. The van der Waals surface area contributed by atoms with Crippen molar-refractivity contribution in [3.05, 3.63) is 17.3 Å². The van der Waals surface area contributed by atoms with Crippen molar-refractivity contribution in [2.45, 2.75) is 64.3 Å². The summed E-state index contributed by atoms with van der Waals surface area (Å²) in [7, 11) is 0. The van der Waals surface area contributed by atoms with Crippen LogP contribution < -0.4 is 4.90 Å². The fourth-order valence-corrected chi connectivity index (χ4v) is 6.63. The maximum atomic E-state index is 13.4. The molecule has 0 spiro atoms. The first kappa shape index (κ1) is 21.1. The van der Waals surface area contributed by atoms with E-state index in [1.165, 1.54) is 37.0 Å². The van der Waals surface area contributed by atoms with Crippen molar-refractivity contribution in [1.29, 1.82) is 0 Å². The first-order chi connectivity index (χ1) is 15.2. The van der Waals surface area contributed by atoms with Crippen LogP contribution in [0.2, 0.25) is 0 Å². The monoisotopic (exact) mass is 441 g/mol. The van der Waals surface area contributed by atoms with Crippen molar-refractivity contribution in [1.82, 2.24) is 19.8 Å². The van der Waals surface area contributed by atoms with Gasteiger partial charge in [-0.05, 0) is 38.2 Å². The molecule has 4 heterocycles. The van der Waals surface area contributed by atoms with Crippen molar-refractivity contribution in [2.24, 2.45) is 5.92 Å². The molecule has 7 heteroatoms. The molecule has 0 bridgehead atoms. The highest BCUT2D eigenvalue weighted by Crippen LogP contribution is 2.33. The van der Waals surface area contributed by atoms with E-state index in [0.29, 0.717) is 5.91 Å². The number of fused-ring (bicyclic) bond motifs is 1. The van der Waals surface area contributed by atoms with Crippen LogP contribution in [0.4, 0.5) is 5.82 Å². The van der Waals surface area contributed by atoms with E-state index in [4.69, 9.17) is 0 Å². The molecule has 2 aromatic rings. The van der Waals surface area contributed by atoms with Gasteiger partial charge in [-0.3, -0.25) is 9.69 Å². The fraction of sp³-hybridized carbons (Fsp3) is 0.708. The Labute approximate surface area is 189 Å². The number of thiophene rings is 1.